The van der Waals surface area contributed by atoms with E-state index in [1.54, 1.807) is 6.07 Å². The second kappa shape index (κ2) is 3.62. The van der Waals surface area contributed by atoms with E-state index >= 15 is 0 Å². The lowest BCUT2D eigenvalue weighted by molar-refractivity contribution is 0.452. The monoisotopic (exact) mass is 191 g/mol. The molecule has 0 spiro atoms. The molecule has 2 nitrogen and oxygen atoms in total. The van der Waals surface area contributed by atoms with Crippen LogP contribution in [0.2, 0.25) is 0 Å². The molecule has 2 heteroatoms. The molecule has 2 rings (SSSR count). The van der Waals surface area contributed by atoms with Gasteiger partial charge in [0.05, 0.1) is 0 Å². The molecule has 1 aromatic rings. The Balaban J connectivity index is 2.15. The zero-order chi connectivity index (χ0) is 10.1. The van der Waals surface area contributed by atoms with E-state index in [1.165, 1.54) is 18.4 Å². The lowest BCUT2D eigenvalue weighted by Crippen LogP contribution is -2.20. The first-order valence-electron chi connectivity index (χ1n) is 5.22. The van der Waals surface area contributed by atoms with Crippen molar-refractivity contribution in [2.24, 2.45) is 0 Å². The van der Waals surface area contributed by atoms with Gasteiger partial charge >= 0.3 is 0 Å². The largest absolute Gasteiger partial charge is 0.508 e. The molecule has 0 radical (unpaired) electrons. The number of aryl methyl sites for hydroxylation is 1. The smallest absolute Gasteiger partial charge is 0.120 e. The van der Waals surface area contributed by atoms with E-state index < -0.39 is 0 Å². The van der Waals surface area contributed by atoms with Crippen molar-refractivity contribution < 1.29 is 5.11 Å². The normalized spacial score (nSPS) is 18.1. The van der Waals surface area contributed by atoms with Gasteiger partial charge in [-0.05, 0) is 32.8 Å². The number of phenolic OH excluding ortho intramolecular Hbond substituents is 1. The summed E-state index contributed by atoms with van der Waals surface area (Å²) in [6.07, 6.45) is 2.55. The van der Waals surface area contributed by atoms with Crippen LogP contribution in [0.1, 0.15) is 36.9 Å². The van der Waals surface area contributed by atoms with Crippen LogP contribution >= 0.6 is 0 Å². The molecule has 0 heterocycles. The van der Waals surface area contributed by atoms with E-state index in [0.717, 1.165) is 5.56 Å². The highest BCUT2D eigenvalue weighted by molar-refractivity contribution is 5.37. The van der Waals surface area contributed by atoms with Crippen LogP contribution in [0.4, 0.5) is 0 Å². The summed E-state index contributed by atoms with van der Waals surface area (Å²) in [4.78, 5) is 0. The third-order valence-corrected chi connectivity index (χ3v) is 2.71. The predicted octanol–water partition coefficient (Wildman–Crippen LogP) is 2.51. The van der Waals surface area contributed by atoms with E-state index in [2.05, 4.69) is 18.3 Å². The van der Waals surface area contributed by atoms with Crippen LogP contribution in [0.5, 0.6) is 5.75 Å². The quantitative estimate of drug-likeness (QED) is 0.769. The molecule has 1 atom stereocenters. The van der Waals surface area contributed by atoms with E-state index in [4.69, 9.17) is 0 Å². The number of rotatable bonds is 3. The first-order chi connectivity index (χ1) is 6.66. The lowest BCUT2D eigenvalue weighted by Gasteiger charge is -2.15. The standard InChI is InChI=1S/C12H17NO/c1-8-3-6-12(14)11(7-8)9(2)13-10-4-5-10/h3,6-7,9-10,13-14H,4-5H2,1-2H3. The average molecular weight is 191 g/mol. The maximum absolute atomic E-state index is 9.70. The zero-order valence-electron chi connectivity index (χ0n) is 8.75. The van der Waals surface area contributed by atoms with Crippen molar-refractivity contribution >= 4 is 0 Å². The molecule has 0 aliphatic heterocycles. The molecule has 1 unspecified atom stereocenters. The van der Waals surface area contributed by atoms with Crippen molar-refractivity contribution in [2.45, 2.75) is 38.8 Å². The van der Waals surface area contributed by atoms with E-state index in [-0.39, 0.29) is 6.04 Å². The Labute approximate surface area is 85.0 Å². The molecule has 76 valence electrons. The van der Waals surface area contributed by atoms with Gasteiger partial charge in [-0.25, -0.2) is 0 Å². The number of hydrogen-bond acceptors (Lipinski definition) is 2. The van der Waals surface area contributed by atoms with Crippen LogP contribution < -0.4 is 5.32 Å². The minimum atomic E-state index is 0.252. The highest BCUT2D eigenvalue weighted by Gasteiger charge is 2.24. The molecule has 14 heavy (non-hydrogen) atoms. The molecule has 1 fully saturated rings. The highest BCUT2D eigenvalue weighted by Crippen LogP contribution is 2.28. The molecule has 0 amide bonds. The van der Waals surface area contributed by atoms with Crippen molar-refractivity contribution in [3.63, 3.8) is 0 Å². The Kier molecular flexibility index (Phi) is 2.46. The Hall–Kier alpha value is -1.02. The Morgan fingerprint density at radius 1 is 1.43 bits per heavy atom. The Morgan fingerprint density at radius 2 is 2.14 bits per heavy atom. The fourth-order valence-corrected chi connectivity index (χ4v) is 1.71. The van der Waals surface area contributed by atoms with Gasteiger partial charge in [0, 0.05) is 17.6 Å². The topological polar surface area (TPSA) is 32.3 Å². The third kappa shape index (κ3) is 2.07. The summed E-state index contributed by atoms with van der Waals surface area (Å²) in [5.74, 6) is 0.399. The number of nitrogens with one attached hydrogen (secondary N) is 1. The van der Waals surface area contributed by atoms with Gasteiger partial charge in [-0.1, -0.05) is 17.7 Å². The minimum absolute atomic E-state index is 0.252. The molecule has 0 saturated heterocycles. The molecule has 2 N–H and O–H groups in total. The second-order valence-corrected chi connectivity index (χ2v) is 4.22. The fraction of sp³-hybridized carbons (Fsp3) is 0.500. The Morgan fingerprint density at radius 3 is 2.79 bits per heavy atom. The van der Waals surface area contributed by atoms with Gasteiger partial charge in [0.15, 0.2) is 0 Å². The van der Waals surface area contributed by atoms with Crippen molar-refractivity contribution in [1.29, 1.82) is 0 Å². The number of hydrogen-bond donors (Lipinski definition) is 2. The first kappa shape index (κ1) is 9.53. The van der Waals surface area contributed by atoms with Gasteiger partial charge in [0.1, 0.15) is 5.75 Å². The van der Waals surface area contributed by atoms with Crippen molar-refractivity contribution in [3.05, 3.63) is 29.3 Å². The predicted molar refractivity (Wildman–Crippen MR) is 57.4 cm³/mol. The van der Waals surface area contributed by atoms with Crippen LogP contribution in [0.25, 0.3) is 0 Å². The summed E-state index contributed by atoms with van der Waals surface area (Å²) in [6, 6.07) is 6.68. The zero-order valence-corrected chi connectivity index (χ0v) is 8.75. The van der Waals surface area contributed by atoms with Gasteiger partial charge in [0.25, 0.3) is 0 Å². The van der Waals surface area contributed by atoms with Crippen LogP contribution in [-0.2, 0) is 0 Å². The van der Waals surface area contributed by atoms with E-state index in [9.17, 15) is 5.11 Å². The molecule has 1 saturated carbocycles. The molecule has 0 aromatic heterocycles. The minimum Gasteiger partial charge on any atom is -0.508 e. The van der Waals surface area contributed by atoms with Gasteiger partial charge in [-0.15, -0.1) is 0 Å². The van der Waals surface area contributed by atoms with Gasteiger partial charge < -0.3 is 10.4 Å². The number of benzene rings is 1. The molecular weight excluding hydrogens is 174 g/mol. The number of aromatic hydroxyl groups is 1. The van der Waals surface area contributed by atoms with E-state index in [1.807, 2.05) is 13.0 Å². The highest BCUT2D eigenvalue weighted by atomic mass is 16.3. The van der Waals surface area contributed by atoms with Gasteiger partial charge in [-0.3, -0.25) is 0 Å². The second-order valence-electron chi connectivity index (χ2n) is 4.22. The summed E-state index contributed by atoms with van der Waals surface area (Å²) in [5.41, 5.74) is 2.21. The average Bonchev–Trinajstić information content (AvgIpc) is 2.93. The van der Waals surface area contributed by atoms with Crippen LogP contribution in [0.3, 0.4) is 0 Å². The number of phenols is 1. The third-order valence-electron chi connectivity index (χ3n) is 2.71. The molecule has 1 aliphatic rings. The first-order valence-corrected chi connectivity index (χ1v) is 5.22. The summed E-state index contributed by atoms with van der Waals surface area (Å²) in [5, 5.41) is 13.2. The van der Waals surface area contributed by atoms with Gasteiger partial charge in [-0.2, -0.15) is 0 Å². The summed E-state index contributed by atoms with van der Waals surface area (Å²) >= 11 is 0. The maximum atomic E-state index is 9.70. The van der Waals surface area contributed by atoms with Crippen LogP contribution in [-0.4, -0.2) is 11.1 Å². The van der Waals surface area contributed by atoms with Gasteiger partial charge in [0.2, 0.25) is 0 Å². The Bertz CT molecular complexity index is 331. The molecule has 1 aromatic carbocycles. The van der Waals surface area contributed by atoms with E-state index in [0.29, 0.717) is 11.8 Å². The molecular formula is C12H17NO. The summed E-state index contributed by atoms with van der Waals surface area (Å²) in [6.45, 7) is 4.15. The molecule has 0 bridgehead atoms. The van der Waals surface area contributed by atoms with Crippen LogP contribution in [0, 0.1) is 6.92 Å². The SMILES string of the molecule is Cc1ccc(O)c(C(C)NC2CC2)c1. The van der Waals surface area contributed by atoms with Crippen molar-refractivity contribution in [3.8, 4) is 5.75 Å². The van der Waals surface area contributed by atoms with Crippen LogP contribution in [0.15, 0.2) is 18.2 Å². The molecule has 1 aliphatic carbocycles. The maximum Gasteiger partial charge on any atom is 0.120 e. The van der Waals surface area contributed by atoms with Crippen molar-refractivity contribution in [2.75, 3.05) is 0 Å². The van der Waals surface area contributed by atoms with Crippen molar-refractivity contribution in [1.82, 2.24) is 5.32 Å². The summed E-state index contributed by atoms with van der Waals surface area (Å²) < 4.78 is 0. The lowest BCUT2D eigenvalue weighted by atomic mass is 10.0. The summed E-state index contributed by atoms with van der Waals surface area (Å²) in [7, 11) is 0. The fourth-order valence-electron chi connectivity index (χ4n) is 1.71.